The molecule has 0 bridgehead atoms. The maximum Gasteiger partial charge on any atom is 0.301 e. The van der Waals surface area contributed by atoms with Gasteiger partial charge in [-0.05, 0) is 85.8 Å². The number of ether oxygens (including phenoxy) is 2. The summed E-state index contributed by atoms with van der Waals surface area (Å²) in [5, 5.41) is 11.9. The van der Waals surface area contributed by atoms with E-state index in [4.69, 9.17) is 14.5 Å². The highest BCUT2D eigenvalue weighted by Gasteiger charge is 2.48. The number of ketones is 1. The summed E-state index contributed by atoms with van der Waals surface area (Å²) in [6.45, 7) is 9.37. The van der Waals surface area contributed by atoms with Gasteiger partial charge in [0, 0.05) is 5.56 Å². The number of Topliss-reactive ketones (excluding diaryl/α,β-unsaturated/α-hetero) is 1. The van der Waals surface area contributed by atoms with Gasteiger partial charge in [0.2, 0.25) is 0 Å². The molecule has 1 fully saturated rings. The van der Waals surface area contributed by atoms with Crippen LogP contribution in [0.4, 0.5) is 5.13 Å². The Kier molecular flexibility index (Phi) is 8.92. The van der Waals surface area contributed by atoms with Gasteiger partial charge in [0.1, 0.15) is 17.3 Å². The van der Waals surface area contributed by atoms with E-state index in [1.54, 1.807) is 24.3 Å². The molecule has 1 aromatic heterocycles. The number of hydrogen-bond acceptors (Lipinski definition) is 7. The predicted octanol–water partition coefficient (Wildman–Crippen LogP) is 7.90. The van der Waals surface area contributed by atoms with Crippen molar-refractivity contribution in [2.75, 3.05) is 18.1 Å². The number of aliphatic hydroxyl groups excluding tert-OH is 1. The Morgan fingerprint density at radius 2 is 1.57 bits per heavy atom. The minimum atomic E-state index is -0.864. The summed E-state index contributed by atoms with van der Waals surface area (Å²) in [7, 11) is 0. The quantitative estimate of drug-likeness (QED) is 0.0834. The zero-order chi connectivity index (χ0) is 29.8. The van der Waals surface area contributed by atoms with Crippen LogP contribution in [0.25, 0.3) is 16.0 Å². The Morgan fingerprint density at radius 3 is 2.24 bits per heavy atom. The number of carbonyl (C=O) groups is 2. The third-order valence-electron chi connectivity index (χ3n) is 7.28. The number of benzene rings is 3. The number of thiazole rings is 1. The molecule has 0 spiro atoms. The first-order valence-electron chi connectivity index (χ1n) is 14.5. The van der Waals surface area contributed by atoms with Gasteiger partial charge in [-0.25, -0.2) is 4.98 Å². The van der Waals surface area contributed by atoms with E-state index in [0.717, 1.165) is 47.0 Å². The molecule has 218 valence electrons. The van der Waals surface area contributed by atoms with Crippen molar-refractivity contribution >= 4 is 44.1 Å². The van der Waals surface area contributed by atoms with Gasteiger partial charge < -0.3 is 14.6 Å². The summed E-state index contributed by atoms with van der Waals surface area (Å²) in [6, 6.07) is 17.5. The molecule has 1 unspecified atom stereocenters. The highest BCUT2D eigenvalue weighted by atomic mass is 32.1. The number of fused-ring (bicyclic) bond motifs is 1. The van der Waals surface area contributed by atoms with E-state index in [9.17, 15) is 14.7 Å². The summed E-state index contributed by atoms with van der Waals surface area (Å²) < 4.78 is 12.5. The number of aryl methyl sites for hydroxylation is 2. The number of amides is 1. The van der Waals surface area contributed by atoms with Crippen molar-refractivity contribution < 1.29 is 24.2 Å². The maximum atomic E-state index is 13.7. The first-order chi connectivity index (χ1) is 20.3. The van der Waals surface area contributed by atoms with Gasteiger partial charge in [0.05, 0.1) is 35.0 Å². The summed E-state index contributed by atoms with van der Waals surface area (Å²) >= 11 is 1.36. The van der Waals surface area contributed by atoms with Gasteiger partial charge in [-0.3, -0.25) is 14.5 Å². The van der Waals surface area contributed by atoms with Crippen LogP contribution in [0.1, 0.15) is 67.8 Å². The molecule has 1 atom stereocenters. The second-order valence-corrected chi connectivity index (χ2v) is 11.6. The van der Waals surface area contributed by atoms with E-state index in [1.165, 1.54) is 16.2 Å². The van der Waals surface area contributed by atoms with E-state index in [2.05, 4.69) is 6.92 Å². The lowest BCUT2D eigenvalue weighted by atomic mass is 9.95. The molecule has 1 amide bonds. The Morgan fingerprint density at radius 1 is 0.905 bits per heavy atom. The molecule has 0 saturated carbocycles. The smallest absolute Gasteiger partial charge is 0.301 e. The number of rotatable bonds is 11. The molecule has 1 saturated heterocycles. The topological polar surface area (TPSA) is 89.0 Å². The van der Waals surface area contributed by atoms with Gasteiger partial charge in [-0.1, -0.05) is 56.2 Å². The predicted molar refractivity (Wildman–Crippen MR) is 168 cm³/mol. The van der Waals surface area contributed by atoms with Gasteiger partial charge in [0.25, 0.3) is 5.78 Å². The third kappa shape index (κ3) is 5.90. The minimum absolute atomic E-state index is 0.0194. The zero-order valence-corrected chi connectivity index (χ0v) is 25.3. The lowest BCUT2D eigenvalue weighted by Crippen LogP contribution is -2.29. The normalized spacial score (nSPS) is 16.4. The molecule has 1 aliphatic rings. The summed E-state index contributed by atoms with van der Waals surface area (Å²) in [4.78, 5) is 33.5. The minimum Gasteiger partial charge on any atom is -0.507 e. The molecule has 42 heavy (non-hydrogen) atoms. The van der Waals surface area contributed by atoms with Crippen molar-refractivity contribution in [3.8, 4) is 11.5 Å². The Balaban J connectivity index is 1.58. The van der Waals surface area contributed by atoms with Crippen LogP contribution in [-0.4, -0.2) is 35.0 Å². The fourth-order valence-corrected chi connectivity index (χ4v) is 6.35. The van der Waals surface area contributed by atoms with E-state index in [-0.39, 0.29) is 11.3 Å². The number of unbranched alkanes of at least 4 members (excludes halogenated alkanes) is 2. The fourth-order valence-electron chi connectivity index (χ4n) is 5.18. The van der Waals surface area contributed by atoms with Crippen molar-refractivity contribution in [3.05, 3.63) is 88.5 Å². The van der Waals surface area contributed by atoms with Gasteiger partial charge in [0.15, 0.2) is 5.13 Å². The first-order valence-corrected chi connectivity index (χ1v) is 15.3. The summed E-state index contributed by atoms with van der Waals surface area (Å²) in [6.07, 6.45) is 4.05. The van der Waals surface area contributed by atoms with E-state index in [1.807, 2.05) is 57.2 Å². The molecule has 0 aliphatic carbocycles. The van der Waals surface area contributed by atoms with Gasteiger partial charge >= 0.3 is 5.91 Å². The Hall–Kier alpha value is -4.17. The number of nitrogens with zero attached hydrogens (tertiary/aromatic N) is 2. The monoisotopic (exact) mass is 584 g/mol. The molecule has 1 N–H and O–H groups in total. The molecule has 0 radical (unpaired) electrons. The molecular formula is C34H36N2O5S. The standard InChI is InChI=1S/C34H36N2O5S/c1-5-7-8-18-41-26-13-9-23(10-14-26)30-28(31(37)24-11-15-25(16-12-24)40-17-6-2)32(38)33(39)36(30)34-35-29-22(4)19-21(3)20-27(29)42-34/h9-16,19-20,30,37H,5-8,17-18H2,1-4H3/b31-28+. The number of aromatic nitrogens is 1. The lowest BCUT2D eigenvalue weighted by Gasteiger charge is -2.23. The van der Waals surface area contributed by atoms with E-state index >= 15 is 0 Å². The van der Waals surface area contributed by atoms with Crippen LogP contribution in [0.2, 0.25) is 0 Å². The average Bonchev–Trinajstić information content (AvgIpc) is 3.52. The highest BCUT2D eigenvalue weighted by molar-refractivity contribution is 7.22. The van der Waals surface area contributed by atoms with Crippen molar-refractivity contribution in [2.45, 2.75) is 59.4 Å². The Bertz CT molecular complexity index is 1620. The lowest BCUT2D eigenvalue weighted by molar-refractivity contribution is -0.132. The number of carbonyl (C=O) groups excluding carboxylic acids is 2. The van der Waals surface area contributed by atoms with Crippen molar-refractivity contribution in [3.63, 3.8) is 0 Å². The van der Waals surface area contributed by atoms with Crippen LogP contribution in [0.3, 0.4) is 0 Å². The third-order valence-corrected chi connectivity index (χ3v) is 8.28. The molecule has 3 aromatic carbocycles. The summed E-state index contributed by atoms with van der Waals surface area (Å²) in [5.41, 5.74) is 4.00. The van der Waals surface area contributed by atoms with Crippen LogP contribution < -0.4 is 14.4 Å². The first kappa shape index (κ1) is 29.3. The highest BCUT2D eigenvalue weighted by Crippen LogP contribution is 2.45. The molecule has 5 rings (SSSR count). The van der Waals surface area contributed by atoms with Gasteiger partial charge in [-0.2, -0.15) is 0 Å². The van der Waals surface area contributed by atoms with Crippen LogP contribution >= 0.6 is 11.3 Å². The number of hydrogen-bond donors (Lipinski definition) is 1. The van der Waals surface area contributed by atoms with Crippen LogP contribution in [-0.2, 0) is 9.59 Å². The zero-order valence-electron chi connectivity index (χ0n) is 24.5. The van der Waals surface area contributed by atoms with Crippen LogP contribution in [0.15, 0.2) is 66.2 Å². The average molecular weight is 585 g/mol. The summed E-state index contributed by atoms with van der Waals surface area (Å²) in [5.74, 6) is -0.342. The van der Waals surface area contributed by atoms with Crippen molar-refractivity contribution in [1.82, 2.24) is 4.98 Å². The SMILES string of the molecule is CCCCCOc1ccc(C2/C(=C(\O)c3ccc(OCCC)cc3)C(=O)C(=O)N2c2nc3c(C)cc(C)cc3s2)cc1. The Labute approximate surface area is 250 Å². The van der Waals surface area contributed by atoms with Crippen LogP contribution in [0, 0.1) is 13.8 Å². The van der Waals surface area contributed by atoms with E-state index < -0.39 is 17.7 Å². The fraction of sp³-hybridized carbons (Fsp3) is 0.324. The van der Waals surface area contributed by atoms with Gasteiger partial charge in [-0.15, -0.1) is 0 Å². The molecule has 2 heterocycles. The molecular weight excluding hydrogens is 548 g/mol. The van der Waals surface area contributed by atoms with Crippen molar-refractivity contribution in [2.24, 2.45) is 0 Å². The maximum absolute atomic E-state index is 13.7. The van der Waals surface area contributed by atoms with Crippen LogP contribution in [0.5, 0.6) is 11.5 Å². The second kappa shape index (κ2) is 12.8. The second-order valence-electron chi connectivity index (χ2n) is 10.6. The molecule has 7 nitrogen and oxygen atoms in total. The number of anilines is 1. The molecule has 8 heteroatoms. The molecule has 4 aromatic rings. The van der Waals surface area contributed by atoms with Crippen molar-refractivity contribution in [1.29, 1.82) is 0 Å². The number of aliphatic hydroxyl groups is 1. The molecule has 1 aliphatic heterocycles. The van der Waals surface area contributed by atoms with E-state index in [0.29, 0.717) is 41.0 Å². The largest absolute Gasteiger partial charge is 0.507 e.